The van der Waals surface area contributed by atoms with E-state index in [4.69, 9.17) is 5.11 Å². The molecule has 0 fully saturated rings. The smallest absolute Gasteiger partial charge is 0.335 e. The van der Waals surface area contributed by atoms with E-state index in [0.717, 1.165) is 16.9 Å². The maximum absolute atomic E-state index is 11.1. The van der Waals surface area contributed by atoms with Gasteiger partial charge in [0.25, 0.3) is 0 Å². The Bertz CT molecular complexity index is 1180. The first kappa shape index (κ1) is 18.6. The zero-order valence-corrected chi connectivity index (χ0v) is 16.3. The molecule has 0 radical (unpaired) electrons. The quantitative estimate of drug-likeness (QED) is 0.513. The number of nitrogens with zero attached hydrogens (tertiary/aromatic N) is 3. The van der Waals surface area contributed by atoms with Crippen LogP contribution in [0.2, 0.25) is 0 Å². The number of carboxylic acids is 1. The first-order valence-corrected chi connectivity index (χ1v) is 9.41. The van der Waals surface area contributed by atoms with Crippen LogP contribution in [0.25, 0.3) is 22.3 Å². The summed E-state index contributed by atoms with van der Waals surface area (Å²) in [5, 5.41) is 9.13. The first-order chi connectivity index (χ1) is 14.0. The lowest BCUT2D eigenvalue weighted by atomic mass is 10.1. The molecule has 4 aromatic rings. The molecule has 3 aromatic carbocycles. The summed E-state index contributed by atoms with van der Waals surface area (Å²) in [4.78, 5) is 22.5. The summed E-state index contributed by atoms with van der Waals surface area (Å²) in [5.74, 6) is -0.971. The van der Waals surface area contributed by atoms with E-state index in [9.17, 15) is 4.79 Å². The van der Waals surface area contributed by atoms with Gasteiger partial charge < -0.3 is 10.0 Å². The van der Waals surface area contributed by atoms with Crippen molar-refractivity contribution < 1.29 is 9.90 Å². The van der Waals surface area contributed by atoms with Crippen LogP contribution in [-0.2, 0) is 0 Å². The van der Waals surface area contributed by atoms with E-state index in [2.05, 4.69) is 65.2 Å². The van der Waals surface area contributed by atoms with Crippen LogP contribution in [0.5, 0.6) is 0 Å². The van der Waals surface area contributed by atoms with Gasteiger partial charge in [0.1, 0.15) is 0 Å². The van der Waals surface area contributed by atoms with Gasteiger partial charge in [-0.2, -0.15) is 0 Å². The number of hydrogen-bond donors (Lipinski definition) is 1. The SMILES string of the molecule is CC(c1ccccc1)N(C)c1cccc(-c2cnc3cc(C(=O)O)ccc3n2)c1. The standard InChI is InChI=1S/C24H21N3O2/c1-16(17-7-4-3-5-8-17)27(2)20-10-6-9-18(13-20)23-15-25-22-14-19(24(28)29)11-12-21(22)26-23/h3-16H,1-2H3,(H,28,29). The highest BCUT2D eigenvalue weighted by Gasteiger charge is 2.13. The predicted octanol–water partition coefficient (Wildman–Crippen LogP) is 5.19. The van der Waals surface area contributed by atoms with Gasteiger partial charge in [-0.15, -0.1) is 0 Å². The third kappa shape index (κ3) is 3.80. The molecule has 0 spiro atoms. The monoisotopic (exact) mass is 383 g/mol. The molecule has 0 aliphatic rings. The number of hydrogen-bond acceptors (Lipinski definition) is 4. The fourth-order valence-electron chi connectivity index (χ4n) is 3.35. The second-order valence-corrected chi connectivity index (χ2v) is 7.01. The largest absolute Gasteiger partial charge is 0.478 e. The summed E-state index contributed by atoms with van der Waals surface area (Å²) >= 11 is 0. The molecule has 0 saturated heterocycles. The van der Waals surface area contributed by atoms with E-state index in [-0.39, 0.29) is 11.6 Å². The van der Waals surface area contributed by atoms with Gasteiger partial charge in [-0.05, 0) is 42.8 Å². The fourth-order valence-corrected chi connectivity index (χ4v) is 3.35. The lowest BCUT2D eigenvalue weighted by Gasteiger charge is -2.27. The average Bonchev–Trinajstić information content (AvgIpc) is 2.78. The van der Waals surface area contributed by atoms with Gasteiger partial charge in [0, 0.05) is 18.3 Å². The van der Waals surface area contributed by atoms with Gasteiger partial charge in [-0.3, -0.25) is 4.98 Å². The van der Waals surface area contributed by atoms with Crippen LogP contribution in [0.3, 0.4) is 0 Å². The van der Waals surface area contributed by atoms with Gasteiger partial charge in [-0.25, -0.2) is 9.78 Å². The zero-order valence-electron chi connectivity index (χ0n) is 16.3. The Kier molecular flexibility index (Phi) is 4.96. The summed E-state index contributed by atoms with van der Waals surface area (Å²) < 4.78 is 0. The van der Waals surface area contributed by atoms with E-state index in [1.54, 1.807) is 24.4 Å². The van der Waals surface area contributed by atoms with Crippen molar-refractivity contribution in [2.75, 3.05) is 11.9 Å². The first-order valence-electron chi connectivity index (χ1n) is 9.41. The van der Waals surface area contributed by atoms with Crippen LogP contribution < -0.4 is 4.90 Å². The lowest BCUT2D eigenvalue weighted by molar-refractivity contribution is 0.0697. The molecule has 1 N–H and O–H groups in total. The topological polar surface area (TPSA) is 66.3 Å². The number of carbonyl (C=O) groups is 1. The van der Waals surface area contributed by atoms with E-state index in [0.29, 0.717) is 11.0 Å². The highest BCUT2D eigenvalue weighted by Crippen LogP contribution is 2.29. The molecular weight excluding hydrogens is 362 g/mol. The molecule has 1 aromatic heterocycles. The summed E-state index contributed by atoms with van der Waals surface area (Å²) in [6.45, 7) is 2.18. The number of fused-ring (bicyclic) bond motifs is 1. The van der Waals surface area contributed by atoms with Crippen LogP contribution in [0.4, 0.5) is 5.69 Å². The molecule has 0 aliphatic carbocycles. The summed E-state index contributed by atoms with van der Waals surface area (Å²) in [5.41, 5.74) is 5.50. The van der Waals surface area contributed by atoms with Crippen molar-refractivity contribution in [1.82, 2.24) is 9.97 Å². The molecule has 0 bridgehead atoms. The van der Waals surface area contributed by atoms with Gasteiger partial charge in [-0.1, -0.05) is 42.5 Å². The maximum atomic E-state index is 11.1. The Hall–Kier alpha value is -3.73. The van der Waals surface area contributed by atoms with E-state index >= 15 is 0 Å². The Labute approximate surface area is 169 Å². The average molecular weight is 383 g/mol. The minimum atomic E-state index is -0.971. The maximum Gasteiger partial charge on any atom is 0.335 e. The van der Waals surface area contributed by atoms with Crippen molar-refractivity contribution in [1.29, 1.82) is 0 Å². The Morgan fingerprint density at radius 1 is 0.966 bits per heavy atom. The molecule has 5 nitrogen and oxygen atoms in total. The van der Waals surface area contributed by atoms with Gasteiger partial charge in [0.05, 0.1) is 34.5 Å². The molecular formula is C24H21N3O2. The molecule has 0 saturated carbocycles. The number of carboxylic acid groups (broad SMARTS) is 1. The van der Waals surface area contributed by atoms with E-state index < -0.39 is 5.97 Å². The summed E-state index contributed by atoms with van der Waals surface area (Å²) in [6.07, 6.45) is 1.69. The molecule has 29 heavy (non-hydrogen) atoms. The normalized spacial score (nSPS) is 11.9. The van der Waals surface area contributed by atoms with Crippen LogP contribution in [-0.4, -0.2) is 28.1 Å². The minimum Gasteiger partial charge on any atom is -0.478 e. The van der Waals surface area contributed by atoms with Gasteiger partial charge in [0.15, 0.2) is 0 Å². The molecule has 4 rings (SSSR count). The molecule has 5 heteroatoms. The van der Waals surface area contributed by atoms with Gasteiger partial charge >= 0.3 is 5.97 Å². The van der Waals surface area contributed by atoms with Crippen LogP contribution in [0.1, 0.15) is 28.9 Å². The molecule has 1 unspecified atom stereocenters. The Balaban J connectivity index is 1.66. The predicted molar refractivity (Wildman–Crippen MR) is 115 cm³/mol. The second-order valence-electron chi connectivity index (χ2n) is 7.01. The van der Waals surface area contributed by atoms with Gasteiger partial charge in [0.2, 0.25) is 0 Å². The van der Waals surface area contributed by atoms with E-state index in [1.165, 1.54) is 5.56 Å². The molecule has 1 heterocycles. The summed E-state index contributed by atoms with van der Waals surface area (Å²) in [6, 6.07) is 23.6. The third-order valence-electron chi connectivity index (χ3n) is 5.20. The zero-order chi connectivity index (χ0) is 20.4. The third-order valence-corrected chi connectivity index (χ3v) is 5.20. The van der Waals surface area contributed by atoms with Crippen LogP contribution in [0, 0.1) is 0 Å². The van der Waals surface area contributed by atoms with Crippen molar-refractivity contribution in [2.24, 2.45) is 0 Å². The Morgan fingerprint density at radius 2 is 1.76 bits per heavy atom. The van der Waals surface area contributed by atoms with E-state index in [1.807, 2.05) is 18.2 Å². The van der Waals surface area contributed by atoms with Crippen LogP contribution >= 0.6 is 0 Å². The van der Waals surface area contributed by atoms with Crippen LogP contribution in [0.15, 0.2) is 79.0 Å². The summed E-state index contributed by atoms with van der Waals surface area (Å²) in [7, 11) is 2.08. The number of aromatic carboxylic acids is 1. The molecule has 1 atom stereocenters. The number of benzene rings is 3. The highest BCUT2D eigenvalue weighted by atomic mass is 16.4. The Morgan fingerprint density at radius 3 is 2.52 bits per heavy atom. The van der Waals surface area contributed by atoms with Crippen molar-refractivity contribution >= 4 is 22.7 Å². The van der Waals surface area contributed by atoms with Crippen molar-refractivity contribution in [2.45, 2.75) is 13.0 Å². The lowest BCUT2D eigenvalue weighted by Crippen LogP contribution is -2.21. The highest BCUT2D eigenvalue weighted by molar-refractivity contribution is 5.92. The van der Waals surface area contributed by atoms with Crippen molar-refractivity contribution in [3.05, 3.63) is 90.1 Å². The number of aromatic nitrogens is 2. The minimum absolute atomic E-state index is 0.207. The second kappa shape index (κ2) is 7.72. The molecule has 144 valence electrons. The van der Waals surface area contributed by atoms with Crippen molar-refractivity contribution in [3.63, 3.8) is 0 Å². The molecule has 0 amide bonds. The number of anilines is 1. The number of rotatable bonds is 5. The fraction of sp³-hybridized carbons (Fsp3) is 0.125. The van der Waals surface area contributed by atoms with Crippen molar-refractivity contribution in [3.8, 4) is 11.3 Å². The molecule has 0 aliphatic heterocycles.